The van der Waals surface area contributed by atoms with Crippen LogP contribution in [0.25, 0.3) is 0 Å². The average molecular weight is 340 g/mol. The van der Waals surface area contributed by atoms with Crippen molar-refractivity contribution in [3.05, 3.63) is 47.0 Å². The Morgan fingerprint density at radius 3 is 2.32 bits per heavy atom. The fraction of sp³-hybridized carbons (Fsp3) is 0.455. The summed E-state index contributed by atoms with van der Waals surface area (Å²) in [6.45, 7) is 3.97. The lowest BCUT2D eigenvalue weighted by molar-refractivity contribution is -0.136. The van der Waals surface area contributed by atoms with Crippen LogP contribution in [0.4, 0.5) is 0 Å². The molecule has 1 rings (SSSR count). The molecule has 0 aliphatic heterocycles. The summed E-state index contributed by atoms with van der Waals surface area (Å²) in [4.78, 5) is 23.9. The molecule has 0 bridgehead atoms. The van der Waals surface area contributed by atoms with Crippen molar-refractivity contribution in [2.45, 2.75) is 58.8 Å². The Morgan fingerprint density at radius 2 is 1.72 bits per heavy atom. The summed E-state index contributed by atoms with van der Waals surface area (Å²) in [5.41, 5.74) is 2.25. The van der Waals surface area contributed by atoms with Gasteiger partial charge in [0.1, 0.15) is 5.78 Å². The van der Waals surface area contributed by atoms with E-state index in [4.69, 9.17) is 4.74 Å². The first-order valence-electron chi connectivity index (χ1n) is 9.01. The summed E-state index contributed by atoms with van der Waals surface area (Å²) in [5, 5.41) is 0. The van der Waals surface area contributed by atoms with Crippen molar-refractivity contribution in [2.75, 3.05) is 7.11 Å². The molecular weight excluding hydrogens is 312 g/mol. The van der Waals surface area contributed by atoms with Crippen LogP contribution in [0.15, 0.2) is 41.5 Å². The van der Waals surface area contributed by atoms with Gasteiger partial charge in [0, 0.05) is 29.6 Å². The van der Waals surface area contributed by atoms with E-state index in [2.05, 4.69) is 18.8 Å². The predicted octanol–water partition coefficient (Wildman–Crippen LogP) is 4.85. The maximum atomic E-state index is 12.2. The number of hydrogen-bond acceptors (Lipinski definition) is 3. The third kappa shape index (κ3) is 7.85. The molecule has 0 amide bonds. The summed E-state index contributed by atoms with van der Waals surface area (Å²) in [5.74, 6) is 6.07. The number of benzene rings is 1. The van der Waals surface area contributed by atoms with E-state index in [-0.39, 0.29) is 11.8 Å². The van der Waals surface area contributed by atoms with Crippen molar-refractivity contribution in [3.63, 3.8) is 0 Å². The molecule has 3 nitrogen and oxygen atoms in total. The summed E-state index contributed by atoms with van der Waals surface area (Å²) < 4.78 is 4.94. The minimum absolute atomic E-state index is 0.144. The second-order valence-corrected chi connectivity index (χ2v) is 5.91. The number of ether oxygens (including phenoxy) is 1. The maximum absolute atomic E-state index is 12.2. The fourth-order valence-corrected chi connectivity index (χ4v) is 2.45. The van der Waals surface area contributed by atoms with Crippen molar-refractivity contribution in [2.24, 2.45) is 0 Å². The summed E-state index contributed by atoms with van der Waals surface area (Å²) in [7, 11) is 1.37. The summed E-state index contributed by atoms with van der Waals surface area (Å²) in [6.07, 6.45) is 5.11. The Balaban J connectivity index is 3.14. The molecule has 0 unspecified atom stereocenters. The van der Waals surface area contributed by atoms with Gasteiger partial charge in [0.05, 0.1) is 7.11 Å². The van der Waals surface area contributed by atoms with Crippen LogP contribution in [0.3, 0.4) is 0 Å². The SMILES string of the molecule is CCCCC/C(C#Cc1ccccc1)=C(\CCC(=O)CC)C(=O)OC. The molecule has 0 aromatic heterocycles. The molecule has 1 aromatic rings. The predicted molar refractivity (Wildman–Crippen MR) is 101 cm³/mol. The number of unbranched alkanes of at least 4 members (excludes halogenated alkanes) is 2. The summed E-state index contributed by atoms with van der Waals surface area (Å²) in [6, 6.07) is 9.70. The number of hydrogen-bond donors (Lipinski definition) is 0. The Labute approximate surface area is 151 Å². The number of carbonyl (C=O) groups is 2. The van der Waals surface area contributed by atoms with Gasteiger partial charge >= 0.3 is 5.97 Å². The first-order valence-corrected chi connectivity index (χ1v) is 9.01. The largest absolute Gasteiger partial charge is 0.466 e. The molecule has 0 saturated carbocycles. The zero-order valence-electron chi connectivity index (χ0n) is 15.6. The van der Waals surface area contributed by atoms with Crippen LogP contribution in [0.1, 0.15) is 64.4 Å². The lowest BCUT2D eigenvalue weighted by Crippen LogP contribution is -2.10. The normalized spacial score (nSPS) is 11.2. The standard InChI is InChI=1S/C22H28O3/c1-4-6-8-13-19(15-14-18-11-9-7-10-12-18)21(22(24)25-3)17-16-20(23)5-2/h7,9-12H,4-6,8,13,16-17H2,1-3H3/b21-19-. The lowest BCUT2D eigenvalue weighted by Gasteiger charge is -2.09. The first-order chi connectivity index (χ1) is 12.1. The molecule has 0 heterocycles. The number of rotatable bonds is 9. The van der Waals surface area contributed by atoms with Crippen LogP contribution >= 0.6 is 0 Å². The Hall–Kier alpha value is -2.34. The molecule has 25 heavy (non-hydrogen) atoms. The number of methoxy groups -OCH3 is 1. The van der Waals surface area contributed by atoms with Crippen molar-refractivity contribution in [3.8, 4) is 11.8 Å². The van der Waals surface area contributed by atoms with E-state index in [1.165, 1.54) is 7.11 Å². The molecule has 3 heteroatoms. The quantitative estimate of drug-likeness (QED) is 0.279. The lowest BCUT2D eigenvalue weighted by atomic mass is 9.96. The Bertz CT molecular complexity index is 645. The van der Waals surface area contributed by atoms with Gasteiger partial charge in [0.15, 0.2) is 0 Å². The van der Waals surface area contributed by atoms with E-state index >= 15 is 0 Å². The summed E-state index contributed by atoms with van der Waals surface area (Å²) >= 11 is 0. The van der Waals surface area contributed by atoms with Crippen molar-refractivity contribution in [1.82, 2.24) is 0 Å². The molecule has 0 N–H and O–H groups in total. The Kier molecular flexibility index (Phi) is 10.0. The van der Waals surface area contributed by atoms with Crippen molar-refractivity contribution < 1.29 is 14.3 Å². The van der Waals surface area contributed by atoms with E-state index in [0.29, 0.717) is 24.8 Å². The number of Topliss-reactive ketones (excluding diaryl/α,β-unsaturated/α-hetero) is 1. The van der Waals surface area contributed by atoms with Gasteiger partial charge in [-0.2, -0.15) is 0 Å². The Morgan fingerprint density at radius 1 is 1.00 bits per heavy atom. The highest BCUT2D eigenvalue weighted by molar-refractivity contribution is 5.91. The van der Waals surface area contributed by atoms with E-state index in [0.717, 1.165) is 36.8 Å². The number of ketones is 1. The third-order valence-corrected chi connectivity index (χ3v) is 4.01. The van der Waals surface area contributed by atoms with Crippen LogP contribution in [0, 0.1) is 11.8 Å². The zero-order chi connectivity index (χ0) is 18.5. The third-order valence-electron chi connectivity index (χ3n) is 4.01. The second kappa shape index (κ2) is 12.1. The van der Waals surface area contributed by atoms with Gasteiger partial charge in [0.25, 0.3) is 0 Å². The monoisotopic (exact) mass is 340 g/mol. The second-order valence-electron chi connectivity index (χ2n) is 5.91. The highest BCUT2D eigenvalue weighted by Gasteiger charge is 2.16. The molecule has 0 fully saturated rings. The van der Waals surface area contributed by atoms with Crippen LogP contribution in [0.2, 0.25) is 0 Å². The molecule has 0 saturated heterocycles. The van der Waals surface area contributed by atoms with Gasteiger partial charge in [-0.1, -0.05) is 56.7 Å². The van der Waals surface area contributed by atoms with Crippen LogP contribution in [-0.2, 0) is 14.3 Å². The van der Waals surface area contributed by atoms with Gasteiger partial charge in [-0.05, 0) is 31.4 Å². The molecule has 0 aliphatic rings. The molecule has 0 atom stereocenters. The topological polar surface area (TPSA) is 43.4 Å². The molecule has 0 radical (unpaired) electrons. The highest BCUT2D eigenvalue weighted by atomic mass is 16.5. The molecule has 0 spiro atoms. The van der Waals surface area contributed by atoms with Gasteiger partial charge < -0.3 is 4.74 Å². The van der Waals surface area contributed by atoms with Gasteiger partial charge in [-0.15, -0.1) is 0 Å². The molecule has 1 aromatic carbocycles. The smallest absolute Gasteiger partial charge is 0.334 e. The van der Waals surface area contributed by atoms with Crippen molar-refractivity contribution in [1.29, 1.82) is 0 Å². The average Bonchev–Trinajstić information content (AvgIpc) is 2.65. The van der Waals surface area contributed by atoms with Crippen LogP contribution < -0.4 is 0 Å². The van der Waals surface area contributed by atoms with Gasteiger partial charge in [-0.3, -0.25) is 4.79 Å². The molecule has 134 valence electrons. The van der Waals surface area contributed by atoms with E-state index in [1.807, 2.05) is 37.3 Å². The molecule has 0 aliphatic carbocycles. The molecular formula is C22H28O3. The number of carbonyl (C=O) groups excluding carboxylic acids is 2. The minimum Gasteiger partial charge on any atom is -0.466 e. The maximum Gasteiger partial charge on any atom is 0.334 e. The first kappa shape index (κ1) is 20.7. The zero-order valence-corrected chi connectivity index (χ0v) is 15.6. The van der Waals surface area contributed by atoms with Crippen LogP contribution in [-0.4, -0.2) is 18.9 Å². The van der Waals surface area contributed by atoms with E-state index in [9.17, 15) is 9.59 Å². The van der Waals surface area contributed by atoms with Gasteiger partial charge in [0.2, 0.25) is 0 Å². The minimum atomic E-state index is -0.377. The number of allylic oxidation sites excluding steroid dienone is 1. The van der Waals surface area contributed by atoms with Gasteiger partial charge in [-0.25, -0.2) is 4.79 Å². The van der Waals surface area contributed by atoms with E-state index in [1.54, 1.807) is 0 Å². The number of esters is 1. The highest BCUT2D eigenvalue weighted by Crippen LogP contribution is 2.19. The van der Waals surface area contributed by atoms with Crippen molar-refractivity contribution >= 4 is 11.8 Å². The van der Waals surface area contributed by atoms with Crippen LogP contribution in [0.5, 0.6) is 0 Å². The fourth-order valence-electron chi connectivity index (χ4n) is 2.45. The van der Waals surface area contributed by atoms with E-state index < -0.39 is 0 Å².